The maximum absolute atomic E-state index is 14.3. The Bertz CT molecular complexity index is 1290. The van der Waals surface area contributed by atoms with Crippen molar-refractivity contribution in [1.29, 1.82) is 0 Å². The van der Waals surface area contributed by atoms with E-state index < -0.39 is 66.2 Å². The lowest BCUT2D eigenvalue weighted by molar-refractivity contribution is -0.193. The van der Waals surface area contributed by atoms with Crippen LogP contribution in [0.4, 0.5) is 36.7 Å². The number of likely N-dealkylation sites (tertiary alicyclic amines) is 1. The summed E-state index contributed by atoms with van der Waals surface area (Å²) in [6, 6.07) is 4.65. The molecule has 0 spiro atoms. The van der Waals surface area contributed by atoms with Crippen LogP contribution in [0.5, 0.6) is 5.75 Å². The molecule has 10 nitrogen and oxygen atoms in total. The Labute approximate surface area is 234 Å². The molecule has 3 saturated heterocycles. The molecule has 3 aliphatic rings. The van der Waals surface area contributed by atoms with Crippen LogP contribution in [0.2, 0.25) is 0 Å². The van der Waals surface area contributed by atoms with E-state index in [1.54, 1.807) is 11.0 Å². The number of aromatic nitrogens is 2. The first kappa shape index (κ1) is 29.8. The van der Waals surface area contributed by atoms with Crippen LogP contribution in [-0.2, 0) is 15.8 Å². The van der Waals surface area contributed by atoms with Crippen molar-refractivity contribution in [2.24, 2.45) is 5.92 Å². The van der Waals surface area contributed by atoms with E-state index in [1.807, 2.05) is 5.43 Å². The zero-order valence-electron chi connectivity index (χ0n) is 21.8. The molecular weight excluding hydrogens is 579 g/mol. The number of halogens is 7. The maximum atomic E-state index is 14.3. The molecule has 42 heavy (non-hydrogen) atoms. The molecule has 228 valence electrons. The average Bonchev–Trinajstić information content (AvgIpc) is 3.37. The monoisotopic (exact) mass is 605 g/mol. The van der Waals surface area contributed by atoms with Crippen LogP contribution in [0.1, 0.15) is 18.4 Å². The van der Waals surface area contributed by atoms with Gasteiger partial charge in [0.1, 0.15) is 12.0 Å². The largest absolute Gasteiger partial charge is 0.486 e. The molecule has 0 bridgehead atoms. The summed E-state index contributed by atoms with van der Waals surface area (Å²) in [6.45, 7) is 0.667. The highest BCUT2D eigenvalue weighted by atomic mass is 19.4. The van der Waals surface area contributed by atoms with E-state index in [0.717, 1.165) is 0 Å². The van der Waals surface area contributed by atoms with E-state index in [4.69, 9.17) is 4.74 Å². The van der Waals surface area contributed by atoms with Gasteiger partial charge in [-0.05, 0) is 18.6 Å². The van der Waals surface area contributed by atoms with Crippen LogP contribution < -0.4 is 20.5 Å². The third kappa shape index (κ3) is 6.35. The Morgan fingerprint density at radius 2 is 1.64 bits per heavy atom. The Morgan fingerprint density at radius 1 is 0.976 bits per heavy atom. The molecule has 3 aliphatic heterocycles. The maximum Gasteiger partial charge on any atom is 0.419 e. The highest BCUT2D eigenvalue weighted by Gasteiger charge is 2.52. The number of piperazine rings is 1. The number of hydrazine groups is 1. The third-order valence-corrected chi connectivity index (χ3v) is 7.49. The predicted molar refractivity (Wildman–Crippen MR) is 131 cm³/mol. The number of rotatable bonds is 5. The number of hydrogen-bond acceptors (Lipinski definition) is 8. The first-order valence-electron chi connectivity index (χ1n) is 13.0. The van der Waals surface area contributed by atoms with Gasteiger partial charge in [-0.3, -0.25) is 19.9 Å². The Kier molecular flexibility index (Phi) is 8.15. The highest BCUT2D eigenvalue weighted by molar-refractivity contribution is 5.83. The molecule has 5 rings (SSSR count). The summed E-state index contributed by atoms with van der Waals surface area (Å²) in [7, 11) is 0. The van der Waals surface area contributed by atoms with Gasteiger partial charge in [0.05, 0.1) is 17.8 Å². The molecule has 2 aromatic rings. The third-order valence-electron chi connectivity index (χ3n) is 7.49. The molecule has 0 radical (unpaired) electrons. The summed E-state index contributed by atoms with van der Waals surface area (Å²) in [5.74, 6) is -4.58. The average molecular weight is 606 g/mol. The summed E-state index contributed by atoms with van der Waals surface area (Å²) in [5, 5.41) is 0. The summed E-state index contributed by atoms with van der Waals surface area (Å²) < 4.78 is 99.2. The van der Waals surface area contributed by atoms with E-state index in [2.05, 4.69) is 15.4 Å². The normalized spacial score (nSPS) is 25.8. The van der Waals surface area contributed by atoms with Crippen LogP contribution in [-0.4, -0.2) is 88.8 Å². The number of benzene rings is 1. The molecule has 1 aromatic heterocycles. The Hall–Kier alpha value is -3.73. The summed E-state index contributed by atoms with van der Waals surface area (Å²) in [6.07, 6.45) is -10.5. The van der Waals surface area contributed by atoms with Crippen molar-refractivity contribution in [2.75, 3.05) is 37.6 Å². The number of anilines is 1. The second-order valence-electron chi connectivity index (χ2n) is 10.2. The van der Waals surface area contributed by atoms with E-state index >= 15 is 0 Å². The number of alkyl halides is 6. The quantitative estimate of drug-likeness (QED) is 0.501. The van der Waals surface area contributed by atoms with Gasteiger partial charge in [0.15, 0.2) is 11.6 Å². The van der Waals surface area contributed by atoms with E-state index in [9.17, 15) is 40.3 Å². The van der Waals surface area contributed by atoms with Gasteiger partial charge in [0.2, 0.25) is 17.8 Å². The number of para-hydroxylation sites is 1. The predicted octanol–water partition coefficient (Wildman–Crippen LogP) is 2.33. The van der Waals surface area contributed by atoms with Crippen molar-refractivity contribution in [3.63, 3.8) is 0 Å². The van der Waals surface area contributed by atoms with Crippen LogP contribution in [0.3, 0.4) is 0 Å². The smallest absolute Gasteiger partial charge is 0.419 e. The van der Waals surface area contributed by atoms with Crippen molar-refractivity contribution >= 4 is 17.8 Å². The van der Waals surface area contributed by atoms with Crippen LogP contribution in [0.25, 0.3) is 0 Å². The Morgan fingerprint density at radius 3 is 2.26 bits per heavy atom. The summed E-state index contributed by atoms with van der Waals surface area (Å²) in [4.78, 5) is 37.8. The van der Waals surface area contributed by atoms with Gasteiger partial charge in [-0.2, -0.15) is 26.3 Å². The van der Waals surface area contributed by atoms with Crippen molar-refractivity contribution in [3.8, 4) is 5.75 Å². The standard InChI is InChI=1S/C25H26F7N7O3/c26-17-3-1-2-4-19(17)42-15-9-18(39(13-15)20-10-16(25(30,31)32)21(40)36-35-20)22(41)37-5-7-38(8-6-37)23-33-11-14(12-34-23)24(27,28)29/h1-4,11-12,15-16,18,20,35H,5-10,13H2,(H,36,40)/t15-,16?,18-,20?/m0/s1. The molecule has 1 aromatic carbocycles. The van der Waals surface area contributed by atoms with E-state index in [1.165, 1.54) is 28.0 Å². The molecule has 17 heteroatoms. The van der Waals surface area contributed by atoms with E-state index in [-0.39, 0.29) is 50.8 Å². The fraction of sp³-hybridized carbons (Fsp3) is 0.520. The van der Waals surface area contributed by atoms with Crippen molar-refractivity contribution < 1.29 is 45.1 Å². The number of nitrogens with zero attached hydrogens (tertiary/aromatic N) is 5. The van der Waals surface area contributed by atoms with Gasteiger partial charge in [0.25, 0.3) is 0 Å². The van der Waals surface area contributed by atoms with Crippen LogP contribution in [0.15, 0.2) is 36.7 Å². The molecule has 4 heterocycles. The summed E-state index contributed by atoms with van der Waals surface area (Å²) >= 11 is 0. The number of nitrogens with one attached hydrogen (secondary N) is 2. The number of carbonyl (C=O) groups excluding carboxylic acids is 2. The number of hydrogen-bond donors (Lipinski definition) is 2. The fourth-order valence-corrected chi connectivity index (χ4v) is 5.31. The molecular formula is C25H26F7N7O3. The number of amides is 2. The molecule has 0 aliphatic carbocycles. The minimum Gasteiger partial charge on any atom is -0.486 e. The lowest BCUT2D eigenvalue weighted by atomic mass is 9.99. The lowest BCUT2D eigenvalue weighted by Crippen LogP contribution is -2.64. The summed E-state index contributed by atoms with van der Waals surface area (Å²) in [5.41, 5.74) is 3.62. The first-order valence-corrected chi connectivity index (χ1v) is 13.0. The number of carbonyl (C=O) groups is 2. The molecule has 3 fully saturated rings. The van der Waals surface area contributed by atoms with Crippen molar-refractivity contribution in [1.82, 2.24) is 30.6 Å². The molecule has 4 atom stereocenters. The van der Waals surface area contributed by atoms with Gasteiger partial charge in [-0.1, -0.05) is 12.1 Å². The van der Waals surface area contributed by atoms with E-state index in [0.29, 0.717) is 12.4 Å². The van der Waals surface area contributed by atoms with Crippen LogP contribution >= 0.6 is 0 Å². The van der Waals surface area contributed by atoms with Crippen LogP contribution in [0, 0.1) is 11.7 Å². The molecule has 2 unspecified atom stereocenters. The first-order chi connectivity index (χ1) is 19.8. The van der Waals surface area contributed by atoms with Gasteiger partial charge >= 0.3 is 12.4 Å². The topological polar surface area (TPSA) is 103 Å². The van der Waals surface area contributed by atoms with Crippen molar-refractivity contribution in [2.45, 2.75) is 43.5 Å². The van der Waals surface area contributed by atoms with Gasteiger partial charge in [-0.25, -0.2) is 19.8 Å². The van der Waals surface area contributed by atoms with Gasteiger partial charge in [-0.15, -0.1) is 0 Å². The minimum absolute atomic E-state index is 0.0256. The van der Waals surface area contributed by atoms with Crippen molar-refractivity contribution in [3.05, 3.63) is 48.0 Å². The zero-order chi connectivity index (χ0) is 30.2. The zero-order valence-corrected chi connectivity index (χ0v) is 21.8. The number of ether oxygens (including phenoxy) is 1. The SMILES string of the molecule is O=C1NNC(N2C[C@@H](Oc3ccccc3F)C[C@H]2C(=O)N2CCN(c3ncc(C(F)(F)F)cn3)CC2)CC1C(F)(F)F. The fourth-order valence-electron chi connectivity index (χ4n) is 5.31. The molecule has 0 saturated carbocycles. The minimum atomic E-state index is -4.80. The molecule has 2 N–H and O–H groups in total. The lowest BCUT2D eigenvalue weighted by Gasteiger charge is -2.41. The van der Waals surface area contributed by atoms with Gasteiger partial charge in [0, 0.05) is 51.5 Å². The highest BCUT2D eigenvalue weighted by Crippen LogP contribution is 2.35. The van der Waals surface area contributed by atoms with Gasteiger partial charge < -0.3 is 14.5 Å². The second kappa shape index (κ2) is 11.5. The second-order valence-corrected chi connectivity index (χ2v) is 10.2. The Balaban J connectivity index is 1.29. The molecule has 2 amide bonds.